The molecule has 2 heterocycles. The van der Waals surface area contributed by atoms with E-state index < -0.39 is 0 Å². The molecular weight excluding hydrogens is 190 g/mol. The maximum Gasteiger partial charge on any atom is 0.222 e. The number of nitrogens with zero attached hydrogens (tertiary/aromatic N) is 2. The quantitative estimate of drug-likeness (QED) is 0.716. The van der Waals surface area contributed by atoms with E-state index in [1.807, 2.05) is 4.90 Å². The molecule has 0 bridgehead atoms. The van der Waals surface area contributed by atoms with Crippen LogP contribution in [-0.2, 0) is 4.79 Å². The summed E-state index contributed by atoms with van der Waals surface area (Å²) in [6.07, 6.45) is 4.02. The zero-order chi connectivity index (χ0) is 10.7. The van der Waals surface area contributed by atoms with Crippen molar-refractivity contribution in [3.63, 3.8) is 0 Å². The van der Waals surface area contributed by atoms with E-state index in [0.717, 1.165) is 26.1 Å². The molecule has 0 saturated carbocycles. The standard InChI is InChI=1S/C11H21N3O/c12-5-1-4-11(15)14-8-7-13-6-2-3-10(13)9-14/h10H,1-9,12H2. The second-order valence-corrected chi connectivity index (χ2v) is 4.56. The molecule has 2 fully saturated rings. The summed E-state index contributed by atoms with van der Waals surface area (Å²) >= 11 is 0. The lowest BCUT2D eigenvalue weighted by Gasteiger charge is -2.37. The summed E-state index contributed by atoms with van der Waals surface area (Å²) in [6, 6.07) is 0.639. The Kier molecular flexibility index (Phi) is 3.59. The molecule has 2 N–H and O–H groups in total. The number of rotatable bonds is 3. The van der Waals surface area contributed by atoms with E-state index in [0.29, 0.717) is 24.9 Å². The fraction of sp³-hybridized carbons (Fsp3) is 0.909. The van der Waals surface area contributed by atoms with Crippen molar-refractivity contribution in [2.75, 3.05) is 32.7 Å². The summed E-state index contributed by atoms with van der Waals surface area (Å²) in [5.41, 5.74) is 5.41. The van der Waals surface area contributed by atoms with Crippen molar-refractivity contribution in [1.29, 1.82) is 0 Å². The fourth-order valence-electron chi connectivity index (χ4n) is 2.63. The first kappa shape index (κ1) is 10.9. The Labute approximate surface area is 91.4 Å². The molecule has 0 aromatic rings. The van der Waals surface area contributed by atoms with Crippen LogP contribution in [0.15, 0.2) is 0 Å². The highest BCUT2D eigenvalue weighted by atomic mass is 16.2. The van der Waals surface area contributed by atoms with Crippen molar-refractivity contribution in [3.8, 4) is 0 Å². The molecule has 1 amide bonds. The number of hydrogen-bond acceptors (Lipinski definition) is 3. The molecule has 1 unspecified atom stereocenters. The second-order valence-electron chi connectivity index (χ2n) is 4.56. The SMILES string of the molecule is NCCCC(=O)N1CCN2CCCC2C1. The largest absolute Gasteiger partial charge is 0.340 e. The zero-order valence-corrected chi connectivity index (χ0v) is 9.32. The number of amides is 1. The van der Waals surface area contributed by atoms with Crippen LogP contribution in [0.1, 0.15) is 25.7 Å². The number of fused-ring (bicyclic) bond motifs is 1. The molecule has 2 rings (SSSR count). The van der Waals surface area contributed by atoms with Gasteiger partial charge in [-0.15, -0.1) is 0 Å². The highest BCUT2D eigenvalue weighted by molar-refractivity contribution is 5.76. The Balaban J connectivity index is 1.81. The van der Waals surface area contributed by atoms with Gasteiger partial charge >= 0.3 is 0 Å². The van der Waals surface area contributed by atoms with Crippen LogP contribution in [0, 0.1) is 0 Å². The molecule has 0 aromatic carbocycles. The van der Waals surface area contributed by atoms with E-state index in [1.165, 1.54) is 19.4 Å². The van der Waals surface area contributed by atoms with E-state index in [2.05, 4.69) is 4.90 Å². The Morgan fingerprint density at radius 1 is 1.33 bits per heavy atom. The van der Waals surface area contributed by atoms with Crippen LogP contribution < -0.4 is 5.73 Å². The second kappa shape index (κ2) is 4.94. The van der Waals surface area contributed by atoms with Crippen molar-refractivity contribution in [1.82, 2.24) is 9.80 Å². The van der Waals surface area contributed by atoms with Crippen molar-refractivity contribution < 1.29 is 4.79 Å². The van der Waals surface area contributed by atoms with Gasteiger partial charge in [0.2, 0.25) is 5.91 Å². The van der Waals surface area contributed by atoms with Gasteiger partial charge in [0.1, 0.15) is 0 Å². The summed E-state index contributed by atoms with van der Waals surface area (Å²) in [4.78, 5) is 16.3. The van der Waals surface area contributed by atoms with Crippen molar-refractivity contribution in [3.05, 3.63) is 0 Å². The summed E-state index contributed by atoms with van der Waals surface area (Å²) in [6.45, 7) is 4.78. The van der Waals surface area contributed by atoms with Gasteiger partial charge in [-0.3, -0.25) is 9.69 Å². The normalized spacial score (nSPS) is 26.7. The van der Waals surface area contributed by atoms with Crippen LogP contribution in [0.3, 0.4) is 0 Å². The Hall–Kier alpha value is -0.610. The van der Waals surface area contributed by atoms with Crippen molar-refractivity contribution in [2.24, 2.45) is 5.73 Å². The Bertz CT molecular complexity index is 232. The molecule has 2 aliphatic heterocycles. The molecule has 0 aliphatic carbocycles. The van der Waals surface area contributed by atoms with Crippen LogP contribution in [0.25, 0.3) is 0 Å². The van der Waals surface area contributed by atoms with Gasteiger partial charge < -0.3 is 10.6 Å². The average molecular weight is 211 g/mol. The molecule has 0 spiro atoms. The lowest BCUT2D eigenvalue weighted by Crippen LogP contribution is -2.52. The minimum absolute atomic E-state index is 0.298. The topological polar surface area (TPSA) is 49.6 Å². The summed E-state index contributed by atoms with van der Waals surface area (Å²) in [5.74, 6) is 0.298. The zero-order valence-electron chi connectivity index (χ0n) is 9.32. The lowest BCUT2D eigenvalue weighted by atomic mass is 10.1. The summed E-state index contributed by atoms with van der Waals surface area (Å²) < 4.78 is 0. The molecule has 2 aliphatic rings. The highest BCUT2D eigenvalue weighted by Gasteiger charge is 2.31. The third-order valence-electron chi connectivity index (χ3n) is 3.53. The van der Waals surface area contributed by atoms with E-state index in [1.54, 1.807) is 0 Å². The first-order valence-electron chi connectivity index (χ1n) is 6.03. The van der Waals surface area contributed by atoms with Gasteiger partial charge in [-0.05, 0) is 32.4 Å². The number of piperazine rings is 1. The maximum absolute atomic E-state index is 11.8. The average Bonchev–Trinajstić information content (AvgIpc) is 2.72. The van der Waals surface area contributed by atoms with E-state index in [9.17, 15) is 4.79 Å². The minimum Gasteiger partial charge on any atom is -0.340 e. The predicted molar refractivity (Wildman–Crippen MR) is 59.5 cm³/mol. The van der Waals surface area contributed by atoms with E-state index in [4.69, 9.17) is 5.73 Å². The number of hydrogen-bond donors (Lipinski definition) is 1. The molecule has 0 aromatic heterocycles. The lowest BCUT2D eigenvalue weighted by molar-refractivity contribution is -0.133. The van der Waals surface area contributed by atoms with Gasteiger partial charge in [-0.1, -0.05) is 0 Å². The molecule has 4 heteroatoms. The van der Waals surface area contributed by atoms with Crippen molar-refractivity contribution in [2.45, 2.75) is 31.7 Å². The highest BCUT2D eigenvalue weighted by Crippen LogP contribution is 2.21. The number of carbonyl (C=O) groups is 1. The molecule has 4 nitrogen and oxygen atoms in total. The summed E-state index contributed by atoms with van der Waals surface area (Å²) in [7, 11) is 0. The summed E-state index contributed by atoms with van der Waals surface area (Å²) in [5, 5.41) is 0. The molecule has 0 radical (unpaired) electrons. The van der Waals surface area contributed by atoms with Gasteiger partial charge in [-0.2, -0.15) is 0 Å². The molecule has 1 atom stereocenters. The van der Waals surface area contributed by atoms with Gasteiger partial charge in [0.25, 0.3) is 0 Å². The third-order valence-corrected chi connectivity index (χ3v) is 3.53. The first-order chi connectivity index (χ1) is 7.31. The van der Waals surface area contributed by atoms with Crippen LogP contribution in [-0.4, -0.2) is 54.5 Å². The van der Waals surface area contributed by atoms with Crippen LogP contribution >= 0.6 is 0 Å². The van der Waals surface area contributed by atoms with Crippen molar-refractivity contribution >= 4 is 5.91 Å². The van der Waals surface area contributed by atoms with Crippen LogP contribution in [0.5, 0.6) is 0 Å². The molecule has 2 saturated heterocycles. The van der Waals surface area contributed by atoms with Gasteiger partial charge in [-0.25, -0.2) is 0 Å². The van der Waals surface area contributed by atoms with Gasteiger partial charge in [0, 0.05) is 32.1 Å². The Morgan fingerprint density at radius 3 is 3.00 bits per heavy atom. The van der Waals surface area contributed by atoms with E-state index in [-0.39, 0.29) is 0 Å². The number of nitrogens with two attached hydrogens (primary N) is 1. The fourth-order valence-corrected chi connectivity index (χ4v) is 2.63. The first-order valence-corrected chi connectivity index (χ1v) is 6.03. The Morgan fingerprint density at radius 2 is 2.20 bits per heavy atom. The molecule has 15 heavy (non-hydrogen) atoms. The molecular formula is C11H21N3O. The monoisotopic (exact) mass is 211 g/mol. The maximum atomic E-state index is 11.8. The third kappa shape index (κ3) is 2.49. The molecule has 86 valence electrons. The minimum atomic E-state index is 0.298. The smallest absolute Gasteiger partial charge is 0.222 e. The van der Waals surface area contributed by atoms with E-state index >= 15 is 0 Å². The van der Waals surface area contributed by atoms with Crippen LogP contribution in [0.2, 0.25) is 0 Å². The van der Waals surface area contributed by atoms with Crippen LogP contribution in [0.4, 0.5) is 0 Å². The van der Waals surface area contributed by atoms with Gasteiger partial charge in [0.15, 0.2) is 0 Å². The number of carbonyl (C=O) groups excluding carboxylic acids is 1. The van der Waals surface area contributed by atoms with Gasteiger partial charge in [0.05, 0.1) is 0 Å². The predicted octanol–water partition coefficient (Wildman–Crippen LogP) is 0.0319.